The lowest BCUT2D eigenvalue weighted by molar-refractivity contribution is -0.148. The normalized spacial score (nSPS) is 12.9. The zero-order chi connectivity index (χ0) is 11.4. The Morgan fingerprint density at radius 1 is 1.43 bits per heavy atom. The highest BCUT2D eigenvalue weighted by Gasteiger charge is 2.36. The number of carboxylic acid groups (broad SMARTS) is 2. The van der Waals surface area contributed by atoms with Crippen LogP contribution < -0.4 is 0 Å². The van der Waals surface area contributed by atoms with Crippen molar-refractivity contribution in [2.24, 2.45) is 11.3 Å². The highest BCUT2D eigenvalue weighted by atomic mass is 16.4. The highest BCUT2D eigenvalue weighted by molar-refractivity contribution is 5.74. The molecule has 0 rings (SSSR count). The minimum atomic E-state index is -1.13. The van der Waals surface area contributed by atoms with E-state index < -0.39 is 23.3 Å². The molecule has 0 spiro atoms. The maximum atomic E-state index is 10.8. The summed E-state index contributed by atoms with van der Waals surface area (Å²) in [5, 5.41) is 25.8. The molecule has 1 atom stereocenters. The van der Waals surface area contributed by atoms with Crippen molar-refractivity contribution in [2.75, 3.05) is 0 Å². The van der Waals surface area contributed by atoms with Gasteiger partial charge in [0.1, 0.15) is 0 Å². The minimum absolute atomic E-state index is 0.171. The predicted molar refractivity (Wildman–Crippen MR) is 47.4 cm³/mol. The van der Waals surface area contributed by atoms with Gasteiger partial charge in [0.15, 0.2) is 0 Å². The fourth-order valence-electron chi connectivity index (χ4n) is 1.30. The highest BCUT2D eigenvalue weighted by Crippen LogP contribution is 2.33. The summed E-state index contributed by atoms with van der Waals surface area (Å²) in [6.07, 6.45) is -0.429. The van der Waals surface area contributed by atoms with E-state index in [0.29, 0.717) is 0 Å². The van der Waals surface area contributed by atoms with Gasteiger partial charge in [0.05, 0.1) is 18.4 Å². The second kappa shape index (κ2) is 4.61. The summed E-state index contributed by atoms with van der Waals surface area (Å²) in [4.78, 5) is 21.2. The Kier molecular flexibility index (Phi) is 4.09. The lowest BCUT2D eigenvalue weighted by Crippen LogP contribution is -2.32. The number of hydrogen-bond donors (Lipinski definition) is 2. The standard InChI is InChI=1S/C9H13NO4/c1-9(2,5-7(11)12)6(3-4-10)8(13)14/h6H,3,5H2,1-2H3,(H,11,12)(H,13,14). The van der Waals surface area contributed by atoms with E-state index in [1.165, 1.54) is 13.8 Å². The van der Waals surface area contributed by atoms with E-state index in [2.05, 4.69) is 0 Å². The molecule has 0 saturated carbocycles. The Labute approximate surface area is 82.0 Å². The van der Waals surface area contributed by atoms with E-state index in [9.17, 15) is 9.59 Å². The second-order valence-corrected chi connectivity index (χ2v) is 3.81. The average Bonchev–Trinajstić information content (AvgIpc) is 1.96. The van der Waals surface area contributed by atoms with Crippen LogP contribution in [0.3, 0.4) is 0 Å². The van der Waals surface area contributed by atoms with Crippen LogP contribution in [0.1, 0.15) is 26.7 Å². The molecule has 5 heteroatoms. The van der Waals surface area contributed by atoms with E-state index in [4.69, 9.17) is 15.5 Å². The van der Waals surface area contributed by atoms with Crippen molar-refractivity contribution >= 4 is 11.9 Å². The van der Waals surface area contributed by atoms with Gasteiger partial charge in [0.2, 0.25) is 0 Å². The van der Waals surface area contributed by atoms with Crippen LogP contribution >= 0.6 is 0 Å². The summed E-state index contributed by atoms with van der Waals surface area (Å²) < 4.78 is 0. The van der Waals surface area contributed by atoms with Gasteiger partial charge in [-0.25, -0.2) is 0 Å². The molecule has 0 radical (unpaired) electrons. The minimum Gasteiger partial charge on any atom is -0.481 e. The van der Waals surface area contributed by atoms with Crippen LogP contribution in [0, 0.1) is 22.7 Å². The van der Waals surface area contributed by atoms with Crippen LogP contribution in [0.15, 0.2) is 0 Å². The number of nitriles is 1. The van der Waals surface area contributed by atoms with Crippen LogP contribution in [0.25, 0.3) is 0 Å². The fourth-order valence-corrected chi connectivity index (χ4v) is 1.30. The van der Waals surface area contributed by atoms with Crippen molar-refractivity contribution in [3.05, 3.63) is 0 Å². The van der Waals surface area contributed by atoms with Crippen molar-refractivity contribution in [3.8, 4) is 6.07 Å². The first-order chi connectivity index (χ1) is 6.31. The topological polar surface area (TPSA) is 98.4 Å². The molecule has 2 N–H and O–H groups in total. The third-order valence-corrected chi connectivity index (χ3v) is 2.14. The van der Waals surface area contributed by atoms with Gasteiger partial charge < -0.3 is 10.2 Å². The van der Waals surface area contributed by atoms with Crippen LogP contribution in [-0.4, -0.2) is 22.2 Å². The Morgan fingerprint density at radius 3 is 2.21 bits per heavy atom. The number of rotatable bonds is 5. The lowest BCUT2D eigenvalue weighted by Gasteiger charge is -2.27. The fraction of sp³-hybridized carbons (Fsp3) is 0.667. The maximum absolute atomic E-state index is 10.8. The zero-order valence-electron chi connectivity index (χ0n) is 8.15. The Balaban J connectivity index is 4.71. The molecule has 1 unspecified atom stereocenters. The first-order valence-corrected chi connectivity index (χ1v) is 4.13. The molecule has 0 amide bonds. The van der Waals surface area contributed by atoms with Crippen LogP contribution in [-0.2, 0) is 9.59 Å². The van der Waals surface area contributed by atoms with Crippen LogP contribution in [0.4, 0.5) is 0 Å². The molecule has 0 aromatic rings. The molecule has 0 aromatic carbocycles. The third kappa shape index (κ3) is 3.44. The van der Waals surface area contributed by atoms with E-state index >= 15 is 0 Å². The van der Waals surface area contributed by atoms with Gasteiger partial charge >= 0.3 is 11.9 Å². The third-order valence-electron chi connectivity index (χ3n) is 2.14. The smallest absolute Gasteiger partial charge is 0.308 e. The van der Waals surface area contributed by atoms with Gasteiger partial charge in [0, 0.05) is 6.42 Å². The number of carboxylic acids is 2. The Morgan fingerprint density at radius 2 is 1.93 bits per heavy atom. The van der Waals surface area contributed by atoms with Crippen molar-refractivity contribution in [1.29, 1.82) is 5.26 Å². The van der Waals surface area contributed by atoms with E-state index in [-0.39, 0.29) is 12.8 Å². The van der Waals surface area contributed by atoms with Gasteiger partial charge in [0.25, 0.3) is 0 Å². The molecule has 14 heavy (non-hydrogen) atoms. The molecular weight excluding hydrogens is 186 g/mol. The summed E-state index contributed by atoms with van der Waals surface area (Å²) in [5.74, 6) is -3.12. The van der Waals surface area contributed by atoms with Crippen LogP contribution in [0.2, 0.25) is 0 Å². The molecular formula is C9H13NO4. The summed E-state index contributed by atoms with van der Waals surface area (Å²) in [6.45, 7) is 3.08. The number of hydrogen-bond acceptors (Lipinski definition) is 3. The first kappa shape index (κ1) is 12.4. The SMILES string of the molecule is CC(C)(CC(=O)O)C(CC#N)C(=O)O. The van der Waals surface area contributed by atoms with Crippen molar-refractivity contribution in [3.63, 3.8) is 0 Å². The molecule has 0 aliphatic carbocycles. The summed E-state index contributed by atoms with van der Waals surface area (Å²) in [5.41, 5.74) is -0.909. The number of aliphatic carboxylic acids is 2. The van der Waals surface area contributed by atoms with Crippen molar-refractivity contribution < 1.29 is 19.8 Å². The largest absolute Gasteiger partial charge is 0.481 e. The molecule has 0 bridgehead atoms. The first-order valence-electron chi connectivity index (χ1n) is 4.13. The van der Waals surface area contributed by atoms with Gasteiger partial charge in [-0.3, -0.25) is 9.59 Å². The Bertz CT molecular complexity index is 277. The summed E-state index contributed by atoms with van der Waals surface area (Å²) in [7, 11) is 0. The molecule has 0 aromatic heterocycles. The number of carbonyl (C=O) groups is 2. The Hall–Kier alpha value is -1.57. The molecule has 0 heterocycles. The predicted octanol–water partition coefficient (Wildman–Crippen LogP) is 1.10. The summed E-state index contributed by atoms with van der Waals surface area (Å²) in [6, 6.07) is 1.75. The average molecular weight is 199 g/mol. The quantitative estimate of drug-likeness (QED) is 0.690. The van der Waals surface area contributed by atoms with Crippen LogP contribution in [0.5, 0.6) is 0 Å². The van der Waals surface area contributed by atoms with Crippen molar-refractivity contribution in [1.82, 2.24) is 0 Å². The second-order valence-electron chi connectivity index (χ2n) is 3.81. The zero-order valence-corrected chi connectivity index (χ0v) is 8.15. The molecule has 78 valence electrons. The molecule has 0 aliphatic heterocycles. The molecule has 0 aliphatic rings. The summed E-state index contributed by atoms with van der Waals surface area (Å²) >= 11 is 0. The molecule has 5 nitrogen and oxygen atoms in total. The molecule has 0 fully saturated rings. The van der Waals surface area contributed by atoms with Gasteiger partial charge in [-0.15, -0.1) is 0 Å². The van der Waals surface area contributed by atoms with Gasteiger partial charge in [-0.05, 0) is 5.41 Å². The van der Waals surface area contributed by atoms with Gasteiger partial charge in [-0.1, -0.05) is 13.8 Å². The van der Waals surface area contributed by atoms with E-state index in [0.717, 1.165) is 0 Å². The van der Waals surface area contributed by atoms with E-state index in [1.807, 2.05) is 0 Å². The molecule has 0 saturated heterocycles. The van der Waals surface area contributed by atoms with Crippen molar-refractivity contribution in [2.45, 2.75) is 26.7 Å². The lowest BCUT2D eigenvalue weighted by atomic mass is 9.75. The van der Waals surface area contributed by atoms with E-state index in [1.54, 1.807) is 6.07 Å². The monoisotopic (exact) mass is 199 g/mol. The van der Waals surface area contributed by atoms with Gasteiger partial charge in [-0.2, -0.15) is 5.26 Å². The maximum Gasteiger partial charge on any atom is 0.308 e. The number of nitrogens with zero attached hydrogens (tertiary/aromatic N) is 1.